The number of anilines is 1. The lowest BCUT2D eigenvalue weighted by Crippen LogP contribution is -2.17. The Kier molecular flexibility index (Phi) is 4.89. The summed E-state index contributed by atoms with van der Waals surface area (Å²) in [5.74, 6) is -1.88. The van der Waals surface area contributed by atoms with Gasteiger partial charge in [-0.05, 0) is 60.9 Å². The van der Waals surface area contributed by atoms with E-state index in [0.717, 1.165) is 12.1 Å². The molecule has 1 saturated carbocycles. The van der Waals surface area contributed by atoms with Crippen LogP contribution in [0.2, 0.25) is 0 Å². The van der Waals surface area contributed by atoms with E-state index in [1.54, 1.807) is 36.4 Å². The molecule has 33 heavy (non-hydrogen) atoms. The number of aromatic nitrogens is 2. The van der Waals surface area contributed by atoms with Crippen molar-refractivity contribution >= 4 is 32.5 Å². The summed E-state index contributed by atoms with van der Waals surface area (Å²) in [7, 11) is -3.49. The first-order valence-corrected chi connectivity index (χ1v) is 11.7. The van der Waals surface area contributed by atoms with Crippen LogP contribution in [-0.4, -0.2) is 29.1 Å². The van der Waals surface area contributed by atoms with Crippen molar-refractivity contribution in [2.24, 2.45) is 5.73 Å². The van der Waals surface area contributed by atoms with Crippen LogP contribution in [0.5, 0.6) is 0 Å². The van der Waals surface area contributed by atoms with Gasteiger partial charge in [-0.25, -0.2) is 22.2 Å². The number of benzene rings is 2. The molecular weight excluding hydrogens is 450 g/mol. The number of primary amides is 1. The van der Waals surface area contributed by atoms with Crippen molar-refractivity contribution in [3.63, 3.8) is 0 Å². The number of nitrogens with two attached hydrogens (primary N) is 1. The first-order chi connectivity index (χ1) is 15.7. The Morgan fingerprint density at radius 2 is 1.85 bits per heavy atom. The third kappa shape index (κ3) is 3.93. The molecular formula is C23H18F2N4O3S. The fourth-order valence-corrected chi connectivity index (χ4v) is 5.13. The van der Waals surface area contributed by atoms with Crippen molar-refractivity contribution in [3.8, 4) is 16.9 Å². The molecule has 1 amide bonds. The van der Waals surface area contributed by atoms with E-state index >= 15 is 0 Å². The minimum Gasteiger partial charge on any atom is -0.364 e. The van der Waals surface area contributed by atoms with Gasteiger partial charge in [0.15, 0.2) is 0 Å². The largest absolute Gasteiger partial charge is 0.364 e. The van der Waals surface area contributed by atoms with Crippen LogP contribution < -0.4 is 10.5 Å². The number of pyridine rings is 1. The zero-order valence-corrected chi connectivity index (χ0v) is 17.9. The van der Waals surface area contributed by atoms with E-state index in [2.05, 4.69) is 9.71 Å². The fraction of sp³-hybridized carbons (Fsp3) is 0.130. The second-order valence-corrected chi connectivity index (χ2v) is 9.84. The fourth-order valence-electron chi connectivity index (χ4n) is 3.75. The smallest absolute Gasteiger partial charge is 0.265 e. The molecule has 0 aliphatic heterocycles. The number of hydrogen-bond acceptors (Lipinski definition) is 4. The van der Waals surface area contributed by atoms with Gasteiger partial charge >= 0.3 is 0 Å². The number of rotatable bonds is 6. The number of nitrogens with one attached hydrogen (secondary N) is 1. The minimum absolute atomic E-state index is 0.122. The number of sulfonamides is 1. The van der Waals surface area contributed by atoms with E-state index < -0.39 is 32.8 Å². The van der Waals surface area contributed by atoms with Gasteiger partial charge in [-0.1, -0.05) is 6.07 Å². The van der Waals surface area contributed by atoms with Gasteiger partial charge in [0.2, 0.25) is 10.0 Å². The van der Waals surface area contributed by atoms with E-state index in [1.807, 2.05) is 0 Å². The van der Waals surface area contributed by atoms with E-state index in [1.165, 1.54) is 16.8 Å². The summed E-state index contributed by atoms with van der Waals surface area (Å²) >= 11 is 0. The maximum Gasteiger partial charge on any atom is 0.265 e. The van der Waals surface area contributed by atoms with E-state index in [9.17, 15) is 22.0 Å². The zero-order chi connectivity index (χ0) is 23.3. The van der Waals surface area contributed by atoms with Crippen LogP contribution in [0.15, 0.2) is 60.8 Å². The van der Waals surface area contributed by atoms with E-state index in [4.69, 9.17) is 5.73 Å². The lowest BCUT2D eigenvalue weighted by Gasteiger charge is -2.12. The second kappa shape index (κ2) is 7.66. The molecule has 168 valence electrons. The second-order valence-electron chi connectivity index (χ2n) is 7.88. The molecule has 1 fully saturated rings. The maximum atomic E-state index is 14.3. The number of amides is 1. The Labute approximate surface area is 187 Å². The molecule has 5 rings (SSSR count). The van der Waals surface area contributed by atoms with Crippen molar-refractivity contribution in [2.75, 3.05) is 4.72 Å². The SMILES string of the molecule is NC(=O)c1cc2ccc(NS(=O)(=O)C3CC3)cc2n1-c1cc(-c2ccc(F)cc2F)ccn1. The first kappa shape index (κ1) is 21.1. The van der Waals surface area contributed by atoms with Crippen molar-refractivity contribution in [2.45, 2.75) is 18.1 Å². The van der Waals surface area contributed by atoms with Gasteiger partial charge in [0.05, 0.1) is 16.5 Å². The van der Waals surface area contributed by atoms with Crippen LogP contribution in [0.25, 0.3) is 27.8 Å². The average molecular weight is 468 g/mol. The van der Waals surface area contributed by atoms with Crippen LogP contribution in [0.4, 0.5) is 14.5 Å². The van der Waals surface area contributed by atoms with Crippen molar-refractivity contribution in [3.05, 3.63) is 78.1 Å². The minimum atomic E-state index is -3.49. The van der Waals surface area contributed by atoms with Crippen molar-refractivity contribution < 1.29 is 22.0 Å². The molecule has 0 saturated heterocycles. The summed E-state index contributed by atoms with van der Waals surface area (Å²) in [4.78, 5) is 16.5. The van der Waals surface area contributed by atoms with Gasteiger partial charge in [-0.3, -0.25) is 14.1 Å². The standard InChI is InChI=1S/C23H18F2N4O3S/c24-15-2-6-18(19(25)11-15)13-7-8-27-22(10-13)29-20-12-16(28-33(31,32)17-4-5-17)3-1-14(20)9-21(29)23(26)30/h1-3,6-12,17,28H,4-5H2,(H2,26,30). The highest BCUT2D eigenvalue weighted by molar-refractivity contribution is 7.93. The number of carbonyl (C=O) groups excluding carboxylic acids is 1. The van der Waals surface area contributed by atoms with Gasteiger partial charge in [0.1, 0.15) is 23.1 Å². The molecule has 4 aromatic rings. The zero-order valence-electron chi connectivity index (χ0n) is 17.1. The quantitative estimate of drug-likeness (QED) is 0.446. The topological polar surface area (TPSA) is 107 Å². The summed E-state index contributed by atoms with van der Waals surface area (Å²) in [6, 6.07) is 12.8. The van der Waals surface area contributed by atoms with Gasteiger partial charge < -0.3 is 5.73 Å². The van der Waals surface area contributed by atoms with E-state index in [0.29, 0.717) is 35.0 Å². The van der Waals surface area contributed by atoms with Crippen LogP contribution in [0.1, 0.15) is 23.3 Å². The summed E-state index contributed by atoms with van der Waals surface area (Å²) in [5.41, 5.74) is 7.12. The van der Waals surface area contributed by atoms with Gasteiger partial charge in [0.25, 0.3) is 5.91 Å². The van der Waals surface area contributed by atoms with Gasteiger partial charge in [0, 0.05) is 23.2 Å². The van der Waals surface area contributed by atoms with Crippen LogP contribution >= 0.6 is 0 Å². The number of nitrogens with zero attached hydrogens (tertiary/aromatic N) is 2. The molecule has 7 nitrogen and oxygen atoms in total. The highest BCUT2D eigenvalue weighted by Crippen LogP contribution is 2.32. The van der Waals surface area contributed by atoms with Gasteiger partial charge in [-0.2, -0.15) is 0 Å². The predicted octanol–water partition coefficient (Wildman–Crippen LogP) is 3.97. The Morgan fingerprint density at radius 1 is 1.06 bits per heavy atom. The van der Waals surface area contributed by atoms with Crippen molar-refractivity contribution in [1.29, 1.82) is 0 Å². The molecule has 0 radical (unpaired) electrons. The molecule has 0 bridgehead atoms. The first-order valence-electron chi connectivity index (χ1n) is 10.1. The maximum absolute atomic E-state index is 14.3. The molecule has 0 atom stereocenters. The highest BCUT2D eigenvalue weighted by atomic mass is 32.2. The molecule has 1 aliphatic rings. The van der Waals surface area contributed by atoms with Crippen molar-refractivity contribution in [1.82, 2.24) is 9.55 Å². The third-order valence-electron chi connectivity index (χ3n) is 5.50. The number of fused-ring (bicyclic) bond motifs is 1. The van der Waals surface area contributed by atoms with Crippen LogP contribution in [0, 0.1) is 11.6 Å². The molecule has 0 unspecified atom stereocenters. The monoisotopic (exact) mass is 468 g/mol. The number of hydrogen-bond donors (Lipinski definition) is 2. The Morgan fingerprint density at radius 3 is 2.55 bits per heavy atom. The summed E-state index contributed by atoms with van der Waals surface area (Å²) in [6.07, 6.45) is 2.68. The lowest BCUT2D eigenvalue weighted by atomic mass is 10.1. The number of carbonyl (C=O) groups is 1. The van der Waals surface area contributed by atoms with E-state index in [-0.39, 0.29) is 17.1 Å². The molecule has 3 N–H and O–H groups in total. The predicted molar refractivity (Wildman–Crippen MR) is 121 cm³/mol. The normalized spacial score (nSPS) is 13.9. The van der Waals surface area contributed by atoms with Gasteiger partial charge in [-0.15, -0.1) is 0 Å². The Hall–Kier alpha value is -3.79. The van der Waals surface area contributed by atoms with Crippen LogP contribution in [-0.2, 0) is 10.0 Å². The Bertz CT molecular complexity index is 1530. The summed E-state index contributed by atoms with van der Waals surface area (Å²) < 4.78 is 56.5. The average Bonchev–Trinajstić information content (AvgIpc) is 3.55. The molecule has 0 spiro atoms. The summed E-state index contributed by atoms with van der Waals surface area (Å²) in [5, 5.41) is 0.239. The summed E-state index contributed by atoms with van der Waals surface area (Å²) in [6.45, 7) is 0. The molecule has 1 aliphatic carbocycles. The van der Waals surface area contributed by atoms with Crippen LogP contribution in [0.3, 0.4) is 0 Å². The molecule has 10 heteroatoms. The molecule has 2 aromatic carbocycles. The highest BCUT2D eigenvalue weighted by Gasteiger charge is 2.35. The number of halogens is 2. The third-order valence-corrected chi connectivity index (χ3v) is 7.37. The molecule has 2 aromatic heterocycles. The molecule has 2 heterocycles. The Balaban J connectivity index is 1.65. The lowest BCUT2D eigenvalue weighted by molar-refractivity contribution is 0.0994.